The lowest BCUT2D eigenvalue weighted by Gasteiger charge is -2.35. The van der Waals surface area contributed by atoms with Gasteiger partial charge in [0.2, 0.25) is 0 Å². The Morgan fingerprint density at radius 3 is 2.44 bits per heavy atom. The van der Waals surface area contributed by atoms with Crippen molar-refractivity contribution >= 4 is 17.3 Å². The second-order valence-electron chi connectivity index (χ2n) is 10.0. The van der Waals surface area contributed by atoms with Crippen LogP contribution in [0, 0.1) is 6.92 Å². The van der Waals surface area contributed by atoms with E-state index in [0.717, 1.165) is 6.08 Å². The maximum Gasteiger partial charge on any atom is 0.425 e. The Morgan fingerprint density at radius 1 is 1.13 bits per heavy atom. The van der Waals surface area contributed by atoms with Crippen molar-refractivity contribution in [3.8, 4) is 23.0 Å². The molecule has 0 aromatic heterocycles. The Kier molecular flexibility index (Phi) is 5.82. The van der Waals surface area contributed by atoms with Crippen LogP contribution in [-0.2, 0) is 15.0 Å². The molecule has 0 saturated heterocycles. The second-order valence-corrected chi connectivity index (χ2v) is 10.0. The van der Waals surface area contributed by atoms with Crippen molar-refractivity contribution in [1.29, 1.82) is 0 Å². The summed E-state index contributed by atoms with van der Waals surface area (Å²) in [5.41, 5.74) is -1.98. The van der Waals surface area contributed by atoms with Gasteiger partial charge >= 0.3 is 6.18 Å². The summed E-state index contributed by atoms with van der Waals surface area (Å²) >= 11 is 0. The van der Waals surface area contributed by atoms with E-state index in [1.807, 2.05) is 0 Å². The molecule has 0 spiro atoms. The summed E-state index contributed by atoms with van der Waals surface area (Å²) in [6, 6.07) is 5.26. The van der Waals surface area contributed by atoms with Crippen molar-refractivity contribution in [2.45, 2.75) is 57.9 Å². The summed E-state index contributed by atoms with van der Waals surface area (Å²) in [5, 5.41) is 24.3. The second kappa shape index (κ2) is 8.62. The maximum atomic E-state index is 14.0. The molecule has 2 aromatic rings. The molecular formula is C28H24F3NO7. The molecule has 3 atom stereocenters. The molecule has 2 heterocycles. The zero-order chi connectivity index (χ0) is 28.6. The zero-order valence-corrected chi connectivity index (χ0v) is 21.3. The van der Waals surface area contributed by atoms with Gasteiger partial charge in [0.05, 0.1) is 17.2 Å². The van der Waals surface area contributed by atoms with E-state index in [1.54, 1.807) is 18.2 Å². The van der Waals surface area contributed by atoms with Crippen molar-refractivity contribution in [2.75, 3.05) is 0 Å². The van der Waals surface area contributed by atoms with Crippen LogP contribution in [0.15, 0.2) is 47.4 Å². The molecule has 8 nitrogen and oxygen atoms in total. The quantitative estimate of drug-likeness (QED) is 0.292. The van der Waals surface area contributed by atoms with Crippen molar-refractivity contribution < 1.29 is 47.2 Å². The van der Waals surface area contributed by atoms with Crippen LogP contribution in [0.3, 0.4) is 0 Å². The first-order valence-electron chi connectivity index (χ1n) is 12.1. The van der Waals surface area contributed by atoms with Crippen LogP contribution in [0.1, 0.15) is 60.3 Å². The normalized spacial score (nSPS) is 25.1. The number of phenols is 2. The number of fused-ring (bicyclic) bond motifs is 4. The zero-order valence-electron chi connectivity index (χ0n) is 21.3. The molecule has 0 amide bonds. The van der Waals surface area contributed by atoms with Gasteiger partial charge in [-0.15, -0.1) is 0 Å². The van der Waals surface area contributed by atoms with Gasteiger partial charge in [-0.1, -0.05) is 18.2 Å². The maximum absolute atomic E-state index is 14.0. The van der Waals surface area contributed by atoms with Crippen molar-refractivity contribution in [3.63, 3.8) is 0 Å². The minimum absolute atomic E-state index is 0.0272. The van der Waals surface area contributed by atoms with Gasteiger partial charge in [-0.2, -0.15) is 13.2 Å². The van der Waals surface area contributed by atoms with Gasteiger partial charge in [0, 0.05) is 29.3 Å². The highest BCUT2D eigenvalue weighted by Crippen LogP contribution is 2.57. The van der Waals surface area contributed by atoms with E-state index in [2.05, 4.69) is 5.32 Å². The first-order valence-corrected chi connectivity index (χ1v) is 12.1. The van der Waals surface area contributed by atoms with Crippen LogP contribution >= 0.6 is 0 Å². The number of nitrogens with one attached hydrogen (secondary N) is 1. The molecule has 5 rings (SSSR count). The monoisotopic (exact) mass is 543 g/mol. The Bertz CT molecular complexity index is 1540. The number of carbonyl (C=O) groups is 3. The third kappa shape index (κ3) is 3.78. The number of halogens is 3. The van der Waals surface area contributed by atoms with Crippen molar-refractivity contribution in [2.24, 2.45) is 0 Å². The number of para-hydroxylation sites is 1. The van der Waals surface area contributed by atoms with Crippen LogP contribution in [-0.4, -0.2) is 39.8 Å². The molecule has 3 N–H and O–H groups in total. The number of alkyl halides is 3. The minimum atomic E-state index is -4.64. The predicted octanol–water partition coefficient (Wildman–Crippen LogP) is 4.61. The van der Waals surface area contributed by atoms with E-state index < -0.39 is 59.0 Å². The van der Waals surface area contributed by atoms with E-state index in [4.69, 9.17) is 9.47 Å². The predicted molar refractivity (Wildman–Crippen MR) is 131 cm³/mol. The van der Waals surface area contributed by atoms with Gasteiger partial charge < -0.3 is 25.0 Å². The lowest BCUT2D eigenvalue weighted by Crippen LogP contribution is -2.43. The lowest BCUT2D eigenvalue weighted by molar-refractivity contribution is -0.201. The molecule has 0 radical (unpaired) electrons. The molecule has 204 valence electrons. The molecular weight excluding hydrogens is 519 g/mol. The average Bonchev–Trinajstić information content (AvgIpc) is 3.14. The number of allylic oxidation sites excluding steroid dienone is 4. The van der Waals surface area contributed by atoms with Crippen LogP contribution in [0.25, 0.3) is 0 Å². The van der Waals surface area contributed by atoms with Gasteiger partial charge in [0.1, 0.15) is 39.7 Å². The summed E-state index contributed by atoms with van der Waals surface area (Å²) in [6.45, 7) is 5.37. The number of ether oxygens (including phenoxy) is 2. The van der Waals surface area contributed by atoms with Gasteiger partial charge in [-0.25, -0.2) is 0 Å². The standard InChI is InChI=1S/C28H24F3NO7/c1-11-23(35)21(13(3)33)25-22(24(11)36)27(4)18(39-25)10-16(34)20(26(27)37)12(2)32-15-9-19(28(29,30)31)38-17-8-6-5-7-14(15)17/h5-8,10,15,19,32,35-36H,9H2,1-4H3/b20-12+/t15-,19+,27+/m1/s1. The van der Waals surface area contributed by atoms with Gasteiger partial charge in [0.25, 0.3) is 0 Å². The number of hydrogen-bond acceptors (Lipinski definition) is 8. The summed E-state index contributed by atoms with van der Waals surface area (Å²) in [7, 11) is 0. The number of benzene rings is 2. The third-order valence-electron chi connectivity index (χ3n) is 7.53. The van der Waals surface area contributed by atoms with Gasteiger partial charge in [-0.05, 0) is 33.8 Å². The van der Waals surface area contributed by atoms with Gasteiger partial charge in [0.15, 0.2) is 23.5 Å². The number of rotatable bonds is 3. The molecule has 1 aliphatic carbocycles. The molecule has 0 unspecified atom stereocenters. The van der Waals surface area contributed by atoms with E-state index in [9.17, 15) is 37.8 Å². The summed E-state index contributed by atoms with van der Waals surface area (Å²) in [5.74, 6) is -3.44. The third-order valence-corrected chi connectivity index (χ3v) is 7.53. The number of hydrogen-bond donors (Lipinski definition) is 3. The molecule has 0 saturated carbocycles. The molecule has 0 fully saturated rings. The number of Topliss-reactive ketones (excluding diaryl/α,β-unsaturated/α-hetero) is 2. The van der Waals surface area contributed by atoms with Crippen LogP contribution in [0.4, 0.5) is 13.2 Å². The van der Waals surface area contributed by atoms with E-state index in [-0.39, 0.29) is 45.2 Å². The minimum Gasteiger partial charge on any atom is -0.507 e. The van der Waals surface area contributed by atoms with E-state index in [0.29, 0.717) is 5.56 Å². The molecule has 0 bridgehead atoms. The molecule has 39 heavy (non-hydrogen) atoms. The summed E-state index contributed by atoms with van der Waals surface area (Å²) in [6.07, 6.45) is -6.19. The molecule has 3 aliphatic rings. The van der Waals surface area contributed by atoms with E-state index >= 15 is 0 Å². The number of phenolic OH excluding ortho intramolecular Hbond substituents is 2. The van der Waals surface area contributed by atoms with Crippen LogP contribution in [0.5, 0.6) is 23.0 Å². The van der Waals surface area contributed by atoms with Crippen molar-refractivity contribution in [1.82, 2.24) is 5.32 Å². The number of aromatic hydroxyl groups is 2. The Balaban J connectivity index is 1.61. The Morgan fingerprint density at radius 2 is 1.79 bits per heavy atom. The van der Waals surface area contributed by atoms with Gasteiger partial charge in [-0.3, -0.25) is 14.4 Å². The van der Waals surface area contributed by atoms with E-state index in [1.165, 1.54) is 33.8 Å². The first-order chi connectivity index (χ1) is 18.2. The van der Waals surface area contributed by atoms with Crippen LogP contribution in [0.2, 0.25) is 0 Å². The molecule has 2 aromatic carbocycles. The highest BCUT2D eigenvalue weighted by atomic mass is 19.4. The first kappa shape index (κ1) is 26.3. The summed E-state index contributed by atoms with van der Waals surface area (Å²) < 4.78 is 51.7. The smallest absolute Gasteiger partial charge is 0.425 e. The SMILES string of the molecule is CC(=O)c1c(O)c(C)c(O)c2c1OC1=CC(=O)/C(=C(/C)N[C@@H]3C[C@@H](C(F)(F)F)Oc4ccccc43)C(=O)[C@@]12C. The summed E-state index contributed by atoms with van der Waals surface area (Å²) in [4.78, 5) is 39.5. The average molecular weight is 543 g/mol. The number of ketones is 3. The largest absolute Gasteiger partial charge is 0.507 e. The topological polar surface area (TPSA) is 122 Å². The fourth-order valence-electron chi connectivity index (χ4n) is 5.45. The fourth-order valence-corrected chi connectivity index (χ4v) is 5.45. The fraction of sp³-hybridized carbons (Fsp3) is 0.321. The highest BCUT2D eigenvalue weighted by molar-refractivity contribution is 6.31. The Hall–Kier alpha value is -4.28. The Labute approximate surface area is 220 Å². The molecule has 11 heteroatoms. The van der Waals surface area contributed by atoms with Crippen molar-refractivity contribution in [3.05, 3.63) is 69.6 Å². The highest BCUT2D eigenvalue weighted by Gasteiger charge is 2.56. The number of carbonyl (C=O) groups excluding carboxylic acids is 3. The molecule has 2 aliphatic heterocycles. The lowest BCUT2D eigenvalue weighted by atomic mass is 9.70. The van der Waals surface area contributed by atoms with Crippen LogP contribution < -0.4 is 14.8 Å².